The van der Waals surface area contributed by atoms with Crippen LogP contribution in [0.4, 0.5) is 0 Å². The molecule has 3 nitrogen and oxygen atoms in total. The maximum absolute atomic E-state index is 12.0. The van der Waals surface area contributed by atoms with E-state index in [9.17, 15) is 4.79 Å². The number of nitrogens with one attached hydrogen (secondary N) is 1. The Labute approximate surface area is 107 Å². The minimum atomic E-state index is 0.233. The summed E-state index contributed by atoms with van der Waals surface area (Å²) in [5, 5.41) is 7.49. The third-order valence-electron chi connectivity index (χ3n) is 3.25. The van der Waals surface area contributed by atoms with Gasteiger partial charge >= 0.3 is 0 Å². The van der Waals surface area contributed by atoms with Gasteiger partial charge in [0.05, 0.1) is 6.54 Å². The van der Waals surface area contributed by atoms with Gasteiger partial charge < -0.3 is 10.2 Å². The summed E-state index contributed by atoms with van der Waals surface area (Å²) in [6.07, 6.45) is 2.36. The first-order valence-corrected chi connectivity index (χ1v) is 7.21. The second-order valence-electron chi connectivity index (χ2n) is 4.57. The lowest BCUT2D eigenvalue weighted by molar-refractivity contribution is -0.130. The fraction of sp³-hybridized carbons (Fsp3) is 0.615. The molecule has 4 heteroatoms. The van der Waals surface area contributed by atoms with Gasteiger partial charge in [-0.15, -0.1) is 0 Å². The summed E-state index contributed by atoms with van der Waals surface area (Å²) >= 11 is 1.69. The first-order valence-electron chi connectivity index (χ1n) is 6.27. The van der Waals surface area contributed by atoms with Crippen molar-refractivity contribution in [3.05, 3.63) is 22.4 Å². The molecule has 0 saturated heterocycles. The van der Waals surface area contributed by atoms with Crippen molar-refractivity contribution in [1.29, 1.82) is 0 Å². The van der Waals surface area contributed by atoms with E-state index in [1.165, 1.54) is 18.4 Å². The summed E-state index contributed by atoms with van der Waals surface area (Å²) in [6, 6.07) is 2.87. The second-order valence-corrected chi connectivity index (χ2v) is 5.35. The van der Waals surface area contributed by atoms with Crippen molar-refractivity contribution in [2.75, 3.05) is 13.1 Å². The molecule has 17 heavy (non-hydrogen) atoms. The minimum absolute atomic E-state index is 0.233. The minimum Gasteiger partial charge on any atom is -0.339 e. The Hall–Kier alpha value is -0.870. The van der Waals surface area contributed by atoms with Crippen LogP contribution in [-0.2, 0) is 4.79 Å². The van der Waals surface area contributed by atoms with E-state index in [0.717, 1.165) is 6.54 Å². The molecule has 0 radical (unpaired) electrons. The third-order valence-corrected chi connectivity index (χ3v) is 3.95. The SMILES string of the molecule is CCN(C(=O)CNC(C)c1ccsc1)C1CC1. The molecule has 1 saturated carbocycles. The highest BCUT2D eigenvalue weighted by molar-refractivity contribution is 7.07. The molecule has 94 valence electrons. The van der Waals surface area contributed by atoms with Gasteiger partial charge in [-0.1, -0.05) is 0 Å². The summed E-state index contributed by atoms with van der Waals surface area (Å²) < 4.78 is 0. The first kappa shape index (κ1) is 12.6. The van der Waals surface area contributed by atoms with Crippen LogP contribution >= 0.6 is 11.3 Å². The molecular weight excluding hydrogens is 232 g/mol. The first-order chi connectivity index (χ1) is 8.22. The van der Waals surface area contributed by atoms with Gasteiger partial charge in [0.1, 0.15) is 0 Å². The number of carbonyl (C=O) groups is 1. The summed E-state index contributed by atoms with van der Waals surface area (Å²) in [5.41, 5.74) is 1.26. The number of amides is 1. The lowest BCUT2D eigenvalue weighted by Gasteiger charge is -2.22. The number of thiophene rings is 1. The highest BCUT2D eigenvalue weighted by Gasteiger charge is 2.31. The van der Waals surface area contributed by atoms with Crippen molar-refractivity contribution < 1.29 is 4.79 Å². The molecule has 0 aliphatic heterocycles. The molecule has 0 aromatic carbocycles. The predicted molar refractivity (Wildman–Crippen MR) is 71.1 cm³/mol. The molecule has 2 rings (SSSR count). The van der Waals surface area contributed by atoms with Gasteiger partial charge in [0, 0.05) is 18.6 Å². The summed E-state index contributed by atoms with van der Waals surface area (Å²) in [4.78, 5) is 14.0. The zero-order valence-corrected chi connectivity index (χ0v) is 11.3. The Bertz CT molecular complexity index is 360. The van der Waals surface area contributed by atoms with Crippen LogP contribution in [0.1, 0.15) is 38.3 Å². The molecule has 1 aliphatic carbocycles. The van der Waals surface area contributed by atoms with E-state index >= 15 is 0 Å². The smallest absolute Gasteiger partial charge is 0.236 e. The molecule has 0 bridgehead atoms. The van der Waals surface area contributed by atoms with Gasteiger partial charge in [0.25, 0.3) is 0 Å². The average molecular weight is 252 g/mol. The number of nitrogens with zero attached hydrogens (tertiary/aromatic N) is 1. The van der Waals surface area contributed by atoms with Crippen molar-refractivity contribution in [3.8, 4) is 0 Å². The van der Waals surface area contributed by atoms with Crippen molar-refractivity contribution in [2.45, 2.75) is 38.8 Å². The zero-order valence-electron chi connectivity index (χ0n) is 10.5. The van der Waals surface area contributed by atoms with Gasteiger partial charge in [-0.3, -0.25) is 4.79 Å². The molecule has 0 spiro atoms. The van der Waals surface area contributed by atoms with E-state index in [4.69, 9.17) is 0 Å². The van der Waals surface area contributed by atoms with Crippen LogP contribution in [0.3, 0.4) is 0 Å². The summed E-state index contributed by atoms with van der Waals surface area (Å²) in [7, 11) is 0. The number of hydrogen-bond acceptors (Lipinski definition) is 3. The monoisotopic (exact) mass is 252 g/mol. The van der Waals surface area contributed by atoms with Gasteiger partial charge in [-0.05, 0) is 49.1 Å². The topological polar surface area (TPSA) is 32.3 Å². The van der Waals surface area contributed by atoms with Gasteiger partial charge in [0.15, 0.2) is 0 Å². The van der Waals surface area contributed by atoms with E-state index in [1.807, 2.05) is 4.90 Å². The molecule has 1 unspecified atom stereocenters. The standard InChI is InChI=1S/C13H20N2OS/c1-3-15(12-4-5-12)13(16)8-14-10(2)11-6-7-17-9-11/h6-7,9-10,12,14H,3-5,8H2,1-2H3. The largest absolute Gasteiger partial charge is 0.339 e. The van der Waals surface area contributed by atoms with Gasteiger partial charge in [-0.25, -0.2) is 0 Å². The Morgan fingerprint density at radius 1 is 1.65 bits per heavy atom. The lowest BCUT2D eigenvalue weighted by atomic mass is 10.2. The quantitative estimate of drug-likeness (QED) is 0.843. The Kier molecular flexibility index (Phi) is 4.18. The van der Waals surface area contributed by atoms with Crippen LogP contribution < -0.4 is 5.32 Å². The van der Waals surface area contributed by atoms with Crippen molar-refractivity contribution in [2.24, 2.45) is 0 Å². The maximum Gasteiger partial charge on any atom is 0.236 e. The predicted octanol–water partition coefficient (Wildman–Crippen LogP) is 2.41. The van der Waals surface area contributed by atoms with Crippen LogP contribution in [0, 0.1) is 0 Å². The van der Waals surface area contributed by atoms with E-state index in [0.29, 0.717) is 12.6 Å². The molecule has 1 aromatic rings. The molecule has 1 amide bonds. The number of carbonyl (C=O) groups excluding carboxylic acids is 1. The maximum atomic E-state index is 12.0. The Balaban J connectivity index is 1.79. The van der Waals surface area contributed by atoms with Crippen molar-refractivity contribution in [1.82, 2.24) is 10.2 Å². The highest BCUT2D eigenvalue weighted by Crippen LogP contribution is 2.26. The second kappa shape index (κ2) is 5.65. The zero-order chi connectivity index (χ0) is 12.3. The van der Waals surface area contributed by atoms with E-state index in [2.05, 4.69) is 36.0 Å². The van der Waals surface area contributed by atoms with Gasteiger partial charge in [0.2, 0.25) is 5.91 Å². The van der Waals surface area contributed by atoms with Crippen LogP contribution in [-0.4, -0.2) is 29.9 Å². The van der Waals surface area contributed by atoms with E-state index < -0.39 is 0 Å². The molecule has 1 N–H and O–H groups in total. The molecule has 1 aromatic heterocycles. The normalized spacial score (nSPS) is 16.8. The fourth-order valence-corrected chi connectivity index (χ4v) is 2.76. The molecule has 1 fully saturated rings. The molecule has 1 atom stereocenters. The summed E-state index contributed by atoms with van der Waals surface area (Å²) in [5.74, 6) is 0.233. The Morgan fingerprint density at radius 3 is 2.94 bits per heavy atom. The van der Waals surface area contributed by atoms with Gasteiger partial charge in [-0.2, -0.15) is 11.3 Å². The van der Waals surface area contributed by atoms with Crippen molar-refractivity contribution in [3.63, 3.8) is 0 Å². The van der Waals surface area contributed by atoms with E-state index in [1.54, 1.807) is 11.3 Å². The fourth-order valence-electron chi connectivity index (χ4n) is 2.01. The van der Waals surface area contributed by atoms with Crippen LogP contribution in [0.25, 0.3) is 0 Å². The number of likely N-dealkylation sites (N-methyl/N-ethyl adjacent to an activating group) is 1. The molecule has 1 heterocycles. The lowest BCUT2D eigenvalue weighted by Crippen LogP contribution is -2.40. The number of hydrogen-bond donors (Lipinski definition) is 1. The number of rotatable bonds is 6. The van der Waals surface area contributed by atoms with Crippen LogP contribution in [0.2, 0.25) is 0 Å². The summed E-state index contributed by atoms with van der Waals surface area (Å²) in [6.45, 7) is 5.43. The molecule has 1 aliphatic rings. The van der Waals surface area contributed by atoms with Crippen LogP contribution in [0.15, 0.2) is 16.8 Å². The average Bonchev–Trinajstić information content (AvgIpc) is 3.00. The highest BCUT2D eigenvalue weighted by atomic mass is 32.1. The van der Waals surface area contributed by atoms with Crippen molar-refractivity contribution >= 4 is 17.2 Å². The Morgan fingerprint density at radius 2 is 2.41 bits per heavy atom. The van der Waals surface area contributed by atoms with Crippen LogP contribution in [0.5, 0.6) is 0 Å². The molecular formula is C13H20N2OS. The third kappa shape index (κ3) is 3.30. The van der Waals surface area contributed by atoms with E-state index in [-0.39, 0.29) is 11.9 Å².